The first kappa shape index (κ1) is 22.7. The van der Waals surface area contributed by atoms with Gasteiger partial charge in [0.25, 0.3) is 0 Å². The second kappa shape index (κ2) is 13.1. The van der Waals surface area contributed by atoms with Gasteiger partial charge in [0.2, 0.25) is 12.1 Å². The number of aliphatic hydroxyl groups is 2. The first-order valence-electron chi connectivity index (χ1n) is 8.99. The van der Waals surface area contributed by atoms with Crippen LogP contribution in [0.15, 0.2) is 0 Å². The van der Waals surface area contributed by atoms with E-state index in [1.165, 1.54) is 0 Å². The Kier molecular flexibility index (Phi) is 12.4. The summed E-state index contributed by atoms with van der Waals surface area (Å²) in [6, 6.07) is -2.73. The van der Waals surface area contributed by atoms with Gasteiger partial charge >= 0.3 is 0 Å². The molecule has 0 heterocycles. The van der Waals surface area contributed by atoms with Gasteiger partial charge in [0.05, 0.1) is 0 Å². The van der Waals surface area contributed by atoms with Gasteiger partial charge in [-0.15, -0.1) is 0 Å². The summed E-state index contributed by atoms with van der Waals surface area (Å²) < 4.78 is 0. The lowest BCUT2D eigenvalue weighted by Gasteiger charge is -2.23. The minimum atomic E-state index is -1.72. The van der Waals surface area contributed by atoms with Crippen molar-refractivity contribution in [3.05, 3.63) is 20.2 Å². The summed E-state index contributed by atoms with van der Waals surface area (Å²) in [5.41, 5.74) is 0. The number of nitrogens with zero attached hydrogens (tertiary/aromatic N) is 2. The van der Waals surface area contributed by atoms with E-state index >= 15 is 0 Å². The number of nitro groups is 2. The van der Waals surface area contributed by atoms with E-state index in [4.69, 9.17) is 0 Å². The summed E-state index contributed by atoms with van der Waals surface area (Å²) in [5, 5.41) is 42.6. The van der Waals surface area contributed by atoms with Gasteiger partial charge in [-0.1, -0.05) is 52.4 Å². The molecule has 8 heteroatoms. The zero-order valence-electron chi connectivity index (χ0n) is 14.8. The van der Waals surface area contributed by atoms with Crippen LogP contribution in [0.3, 0.4) is 0 Å². The Morgan fingerprint density at radius 3 is 1.29 bits per heavy atom. The zero-order valence-corrected chi connectivity index (χ0v) is 14.8. The molecule has 142 valence electrons. The molecule has 0 radical (unpaired) electrons. The van der Waals surface area contributed by atoms with Crippen LogP contribution in [0, 0.1) is 20.2 Å². The minimum Gasteiger partial charge on any atom is -0.383 e. The molecular weight excluding hydrogens is 316 g/mol. The van der Waals surface area contributed by atoms with Crippen LogP contribution in [-0.2, 0) is 0 Å². The Bertz CT molecular complexity index is 332. The molecule has 4 atom stereocenters. The smallest absolute Gasteiger partial charge is 0.241 e. The van der Waals surface area contributed by atoms with Gasteiger partial charge in [-0.25, -0.2) is 0 Å². The van der Waals surface area contributed by atoms with Crippen LogP contribution >= 0.6 is 0 Å². The molecule has 0 aliphatic carbocycles. The predicted octanol–water partition coefficient (Wildman–Crippen LogP) is 2.94. The molecule has 8 nitrogen and oxygen atoms in total. The molecule has 0 aromatic rings. The average Bonchev–Trinajstić information content (AvgIpc) is 2.53. The minimum absolute atomic E-state index is 0.117. The largest absolute Gasteiger partial charge is 0.383 e. The van der Waals surface area contributed by atoms with Crippen LogP contribution in [0.2, 0.25) is 0 Å². The molecule has 0 aromatic carbocycles. The molecular formula is C16H32N2O6. The molecule has 0 aliphatic heterocycles. The molecule has 0 saturated heterocycles. The Morgan fingerprint density at radius 2 is 1.04 bits per heavy atom. The van der Waals surface area contributed by atoms with Crippen molar-refractivity contribution in [2.75, 3.05) is 0 Å². The molecule has 0 saturated carbocycles. The van der Waals surface area contributed by atoms with Crippen LogP contribution < -0.4 is 0 Å². The molecule has 24 heavy (non-hydrogen) atoms. The van der Waals surface area contributed by atoms with Crippen molar-refractivity contribution >= 4 is 0 Å². The van der Waals surface area contributed by atoms with E-state index in [2.05, 4.69) is 0 Å². The van der Waals surface area contributed by atoms with Crippen molar-refractivity contribution < 1.29 is 20.1 Å². The third kappa shape index (κ3) is 8.54. The molecule has 0 aliphatic rings. The first-order chi connectivity index (χ1) is 11.4. The van der Waals surface area contributed by atoms with Gasteiger partial charge in [0.15, 0.2) is 12.2 Å². The second-order valence-electron chi connectivity index (χ2n) is 6.39. The third-order valence-electron chi connectivity index (χ3n) is 4.39. The maximum Gasteiger partial charge on any atom is 0.241 e. The standard InChI is InChI=1S/C16H32N2O6/c1-3-5-7-9-11-13(17(21)22)15(19)16(20)14(18(23)24)12-10-8-6-4-2/h13-16,19-20H,3-12H2,1-2H3. The van der Waals surface area contributed by atoms with Gasteiger partial charge in [-0.2, -0.15) is 0 Å². The summed E-state index contributed by atoms with van der Waals surface area (Å²) >= 11 is 0. The van der Waals surface area contributed by atoms with Crippen molar-refractivity contribution in [3.63, 3.8) is 0 Å². The molecule has 0 amide bonds. The Morgan fingerprint density at radius 1 is 0.708 bits per heavy atom. The molecule has 0 fully saturated rings. The number of aliphatic hydroxyl groups excluding tert-OH is 2. The third-order valence-corrected chi connectivity index (χ3v) is 4.39. The van der Waals surface area contributed by atoms with Crippen LogP contribution in [0.1, 0.15) is 78.1 Å². The lowest BCUT2D eigenvalue weighted by atomic mass is 9.93. The van der Waals surface area contributed by atoms with Crippen molar-refractivity contribution in [1.82, 2.24) is 0 Å². The topological polar surface area (TPSA) is 127 Å². The van der Waals surface area contributed by atoms with Gasteiger partial charge < -0.3 is 10.2 Å². The SMILES string of the molecule is CCCCCCC(C(O)C(O)C(CCCCCC)[N+](=O)[O-])[N+](=O)[O-]. The average molecular weight is 348 g/mol. The summed E-state index contributed by atoms with van der Waals surface area (Å²) in [5.74, 6) is 0. The van der Waals surface area contributed by atoms with E-state index in [0.717, 1.165) is 38.5 Å². The predicted molar refractivity (Wildman–Crippen MR) is 91.1 cm³/mol. The van der Waals surface area contributed by atoms with Gasteiger partial charge in [-0.05, 0) is 12.8 Å². The van der Waals surface area contributed by atoms with E-state index in [9.17, 15) is 30.4 Å². The zero-order chi connectivity index (χ0) is 18.5. The first-order valence-corrected chi connectivity index (χ1v) is 8.99. The fourth-order valence-electron chi connectivity index (χ4n) is 2.82. The molecule has 0 bridgehead atoms. The van der Waals surface area contributed by atoms with Crippen molar-refractivity contribution in [3.8, 4) is 0 Å². The van der Waals surface area contributed by atoms with Gasteiger partial charge in [-0.3, -0.25) is 20.2 Å². The Labute approximate surface area is 143 Å². The highest BCUT2D eigenvalue weighted by Crippen LogP contribution is 2.19. The molecule has 0 spiro atoms. The number of rotatable bonds is 15. The monoisotopic (exact) mass is 348 g/mol. The number of unbranched alkanes of at least 4 members (excludes halogenated alkanes) is 6. The number of hydrogen-bond donors (Lipinski definition) is 2. The summed E-state index contributed by atoms with van der Waals surface area (Å²) in [7, 11) is 0. The summed E-state index contributed by atoms with van der Waals surface area (Å²) in [6.45, 7) is 4.04. The molecule has 4 unspecified atom stereocenters. The maximum atomic E-state index is 11.2. The van der Waals surface area contributed by atoms with Crippen LogP contribution in [0.25, 0.3) is 0 Å². The highest BCUT2D eigenvalue weighted by atomic mass is 16.6. The maximum absolute atomic E-state index is 11.2. The van der Waals surface area contributed by atoms with Gasteiger partial charge in [0, 0.05) is 22.7 Å². The Balaban J connectivity index is 4.72. The molecule has 0 rings (SSSR count). The fourth-order valence-corrected chi connectivity index (χ4v) is 2.82. The van der Waals surface area contributed by atoms with Gasteiger partial charge in [0.1, 0.15) is 0 Å². The van der Waals surface area contributed by atoms with E-state index in [1.807, 2.05) is 13.8 Å². The lowest BCUT2D eigenvalue weighted by Crippen LogP contribution is -2.49. The fraction of sp³-hybridized carbons (Fsp3) is 1.00. The van der Waals surface area contributed by atoms with E-state index < -0.39 is 34.1 Å². The summed E-state index contributed by atoms with van der Waals surface area (Å²) in [4.78, 5) is 21.1. The van der Waals surface area contributed by atoms with Crippen molar-refractivity contribution in [2.24, 2.45) is 0 Å². The highest BCUT2D eigenvalue weighted by molar-refractivity contribution is 4.82. The van der Waals surface area contributed by atoms with Crippen molar-refractivity contribution in [1.29, 1.82) is 0 Å². The van der Waals surface area contributed by atoms with Crippen LogP contribution in [0.5, 0.6) is 0 Å². The lowest BCUT2D eigenvalue weighted by molar-refractivity contribution is -0.559. The highest BCUT2D eigenvalue weighted by Gasteiger charge is 2.43. The summed E-state index contributed by atoms with van der Waals surface area (Å²) in [6.07, 6.45) is 3.37. The van der Waals surface area contributed by atoms with E-state index in [-0.39, 0.29) is 12.8 Å². The van der Waals surface area contributed by atoms with E-state index in [0.29, 0.717) is 12.8 Å². The quantitative estimate of drug-likeness (QED) is 0.266. The van der Waals surface area contributed by atoms with E-state index in [1.54, 1.807) is 0 Å². The van der Waals surface area contributed by atoms with Crippen LogP contribution in [0.4, 0.5) is 0 Å². The second-order valence-corrected chi connectivity index (χ2v) is 6.39. The Hall–Kier alpha value is -1.28. The molecule has 2 N–H and O–H groups in total. The number of hydrogen-bond acceptors (Lipinski definition) is 6. The molecule has 0 aromatic heterocycles. The normalized spacial score (nSPS) is 16.3. The van der Waals surface area contributed by atoms with Crippen LogP contribution in [-0.4, -0.2) is 44.4 Å². The van der Waals surface area contributed by atoms with Crippen molar-refractivity contribution in [2.45, 2.75) is 102 Å².